The Kier molecular flexibility index (Phi) is 102. The molecule has 0 aromatic rings. The van der Waals surface area contributed by atoms with Gasteiger partial charge in [-0.05, 0) is 65.5 Å². The molecule has 0 aliphatic heterocycles. The summed E-state index contributed by atoms with van der Waals surface area (Å²) < 4.78 is 0. The first kappa shape index (κ1) is 116. The Morgan fingerprint density at radius 3 is 0.699 bits per heavy atom. The van der Waals surface area contributed by atoms with Gasteiger partial charge in [0.1, 0.15) is 0 Å². The summed E-state index contributed by atoms with van der Waals surface area (Å²) in [7, 11) is 8.01. The largest absolute Gasteiger partial charge is 2.00 e. The third kappa shape index (κ3) is 74.1. The molecule has 29 heteroatoms. The zero-order valence-electron chi connectivity index (χ0n) is 68.0. The maximum absolute atomic E-state index is 12.3. The quantitative estimate of drug-likeness (QED) is 0.0168. The number of halogens is 1. The van der Waals surface area contributed by atoms with E-state index in [1.165, 1.54) is 89.9 Å². The standard InChI is InChI=1S/C30H70N12O.C24H62N12.C6H9ClO.2C5H10.4CH3.2Fe/c1-34-12-20-40(19-9-33)22-15-37-16-24-41(23-14-36-10-11-38-30(43)29-5-3-4-6-29)26-28-42(21-13-35-2)27-25-39(17-7-31)18-8-32;1-29-8-16-34(15-6-28)18-11-32-12-20-35(19-10-31-7-3-25)22-24-36(17-9-30-2)23-21-33(13-4-26)14-5-27;7-6(8)5-3-1-2-4-5;2*1-2-4-5-3-1;;;;;;/h29,34-37H,3-28,31-33H2,1-2H3,(H,38,43);29-32H,3-28H2,1-2H3;5H,1-4H2;2*1-5H2;4*1H3;;/q;;;;;4*-1;2*+2. The second-order valence-corrected chi connectivity index (χ2v) is 27.1. The molecule has 1 amide bonds. The SMILES string of the molecule is C1CCCC1.C1CCCC1.CNCCN(CCN)CCNCCN(CCNCCN)CCN(CCNC)CCN(CCN)CCN.CNCCN(CCN)CCNCCN(CCNCCNC(=O)C1CCCC1)CCN(CCNC)CCN(CCN)CCN.O=C(Cl)C1CCCC1.[CH3-].[CH3-].[CH3-].[CH3-].[Fe+2].[Fe+2]. The van der Waals surface area contributed by atoms with E-state index in [-0.39, 0.29) is 86.8 Å². The molecule has 4 rings (SSSR count). The summed E-state index contributed by atoms with van der Waals surface area (Å²) in [6, 6.07) is 0. The summed E-state index contributed by atoms with van der Waals surface area (Å²) in [6.07, 6.45) is 23.9. The average Bonchev–Trinajstić information content (AvgIpc) is 1.36. The van der Waals surface area contributed by atoms with E-state index in [9.17, 15) is 9.59 Å². The van der Waals surface area contributed by atoms with Crippen molar-refractivity contribution in [3.05, 3.63) is 29.7 Å². The Bertz CT molecular complexity index is 1590. The fourth-order valence-electron chi connectivity index (χ4n) is 12.5. The van der Waals surface area contributed by atoms with Crippen LogP contribution in [0.5, 0.6) is 0 Å². The molecule has 4 aliphatic rings. The molecule has 4 aliphatic carbocycles. The summed E-state index contributed by atoms with van der Waals surface area (Å²) in [5, 5.41) is 30.3. The second kappa shape index (κ2) is 90.4. The van der Waals surface area contributed by atoms with Crippen LogP contribution in [0.25, 0.3) is 0 Å². The van der Waals surface area contributed by atoms with Crippen molar-refractivity contribution in [1.29, 1.82) is 0 Å². The first-order valence-electron chi connectivity index (χ1n) is 39.1. The van der Waals surface area contributed by atoms with E-state index in [1.54, 1.807) is 0 Å². The van der Waals surface area contributed by atoms with Gasteiger partial charge in [-0.2, -0.15) is 0 Å². The van der Waals surface area contributed by atoms with Crippen molar-refractivity contribution >= 4 is 22.8 Å². The Hall–Kier alpha value is -0.451. The van der Waals surface area contributed by atoms with Crippen LogP contribution in [0.3, 0.4) is 0 Å². The Balaban J connectivity index is -0.000000274. The van der Waals surface area contributed by atoms with Gasteiger partial charge in [0.2, 0.25) is 11.1 Å². The number of likely N-dealkylation sites (N-methyl/N-ethyl adjacent to an activating group) is 4. The van der Waals surface area contributed by atoms with E-state index in [2.05, 4.69) is 87.1 Å². The molecule has 103 heavy (non-hydrogen) atoms. The van der Waals surface area contributed by atoms with E-state index in [4.69, 9.17) is 51.7 Å². The number of hydrogen-bond acceptors (Lipinski definition) is 25. The van der Waals surface area contributed by atoms with Crippen LogP contribution < -0.4 is 88.0 Å². The van der Waals surface area contributed by atoms with Crippen LogP contribution in [-0.2, 0) is 43.7 Å². The fraction of sp³-hybridized carbons (Fsp3) is 0.919. The van der Waals surface area contributed by atoms with Gasteiger partial charge >= 0.3 is 34.1 Å². The summed E-state index contributed by atoms with van der Waals surface area (Å²) in [5.41, 5.74) is 40.5. The minimum absolute atomic E-state index is 0. The van der Waals surface area contributed by atoms with Gasteiger partial charge in [0, 0.05) is 300 Å². The first-order valence-corrected chi connectivity index (χ1v) is 39.5. The molecule has 0 radical (unpaired) electrons. The van der Waals surface area contributed by atoms with Crippen molar-refractivity contribution in [2.75, 3.05) is 316 Å². The number of rotatable bonds is 61. The smallest absolute Gasteiger partial charge is 0.358 e. The molecule has 4 saturated carbocycles. The zero-order valence-corrected chi connectivity index (χ0v) is 71.0. The molecule has 0 aromatic carbocycles. The second-order valence-electron chi connectivity index (χ2n) is 26.8. The maximum atomic E-state index is 12.3. The van der Waals surface area contributed by atoms with Crippen LogP contribution in [0.2, 0.25) is 0 Å². The van der Waals surface area contributed by atoms with E-state index in [0.717, 1.165) is 261 Å². The molecular weight excluding hydrogens is 1400 g/mol. The van der Waals surface area contributed by atoms with E-state index in [1.807, 2.05) is 28.2 Å². The zero-order chi connectivity index (χ0) is 71.1. The van der Waals surface area contributed by atoms with Gasteiger partial charge in [0.25, 0.3) is 0 Å². The van der Waals surface area contributed by atoms with E-state index in [0.29, 0.717) is 52.4 Å². The third-order valence-corrected chi connectivity index (χ3v) is 19.1. The van der Waals surface area contributed by atoms with Crippen molar-refractivity contribution in [3.63, 3.8) is 0 Å². The summed E-state index contributed by atoms with van der Waals surface area (Å²) in [6.45, 7) is 40.6. The van der Waals surface area contributed by atoms with Gasteiger partial charge in [0.15, 0.2) is 0 Å². The summed E-state index contributed by atoms with van der Waals surface area (Å²) in [5.74, 6) is 0.662. The first-order chi connectivity index (χ1) is 47.5. The van der Waals surface area contributed by atoms with Crippen molar-refractivity contribution in [2.45, 2.75) is 116 Å². The van der Waals surface area contributed by atoms with Crippen molar-refractivity contribution in [3.8, 4) is 0 Å². The fourth-order valence-corrected chi connectivity index (χ4v) is 12.8. The molecule has 0 atom stereocenters. The molecule has 23 N–H and O–H groups in total. The third-order valence-electron chi connectivity index (χ3n) is 18.8. The molecule has 0 bridgehead atoms. The van der Waals surface area contributed by atoms with Crippen LogP contribution in [-0.4, -0.2) is 367 Å². The van der Waals surface area contributed by atoms with Crippen LogP contribution in [0.15, 0.2) is 0 Å². The number of nitrogens with two attached hydrogens (primary N) is 7. The van der Waals surface area contributed by atoms with Gasteiger partial charge in [-0.3, -0.25) is 48.8 Å². The number of amides is 1. The monoisotopic (exact) mass is 1580 g/mol. The normalized spacial score (nSPS) is 14.2. The average molecular weight is 1580 g/mol. The molecule has 0 aromatic heterocycles. The minimum atomic E-state index is -0.137. The number of hydrogen-bond donors (Lipinski definition) is 16. The number of carbonyl (C=O) groups is 2. The predicted molar refractivity (Wildman–Crippen MR) is 442 cm³/mol. The summed E-state index contributed by atoms with van der Waals surface area (Å²) >= 11 is 5.25. The molecule has 0 saturated heterocycles. The predicted octanol–water partition coefficient (Wildman–Crippen LogP) is 0.281. The number of nitrogens with zero attached hydrogens (tertiary/aromatic N) is 8. The van der Waals surface area contributed by atoms with Crippen molar-refractivity contribution in [2.24, 2.45) is 52.0 Å². The van der Waals surface area contributed by atoms with Crippen molar-refractivity contribution in [1.82, 2.24) is 87.1 Å². The molecule has 0 unspecified atom stereocenters. The van der Waals surface area contributed by atoms with E-state index >= 15 is 0 Å². The summed E-state index contributed by atoms with van der Waals surface area (Å²) in [4.78, 5) is 42.5. The van der Waals surface area contributed by atoms with E-state index < -0.39 is 0 Å². The van der Waals surface area contributed by atoms with Gasteiger partial charge in [0.05, 0.1) is 0 Å². The molecule has 0 spiro atoms. The molecule has 26 nitrogen and oxygen atoms in total. The number of carbonyl (C=O) groups excluding carboxylic acids is 2. The molecule has 4 fully saturated rings. The van der Waals surface area contributed by atoms with Crippen LogP contribution >= 0.6 is 11.6 Å². The Morgan fingerprint density at radius 2 is 0.476 bits per heavy atom. The molecule has 624 valence electrons. The van der Waals surface area contributed by atoms with Gasteiger partial charge in [-0.25, -0.2) is 0 Å². The van der Waals surface area contributed by atoms with Crippen molar-refractivity contribution < 1.29 is 43.7 Å². The van der Waals surface area contributed by atoms with Crippen LogP contribution in [0.1, 0.15) is 116 Å². The van der Waals surface area contributed by atoms with Gasteiger partial charge in [-0.1, -0.05) is 89.9 Å². The Morgan fingerprint density at radius 1 is 0.272 bits per heavy atom. The maximum Gasteiger partial charge on any atom is 2.00 e. The van der Waals surface area contributed by atoms with Gasteiger partial charge < -0.3 is 118 Å². The Labute approximate surface area is 663 Å². The van der Waals surface area contributed by atoms with Gasteiger partial charge in [-0.15, -0.1) is 0 Å². The topological polar surface area (TPSA) is 350 Å². The number of nitrogens with one attached hydrogen (secondary N) is 9. The molecular formula is C74H173ClFe2N24O2. The molecule has 0 heterocycles. The minimum Gasteiger partial charge on any atom is -0.358 e. The van der Waals surface area contributed by atoms with Crippen LogP contribution in [0, 0.1) is 41.5 Å². The van der Waals surface area contributed by atoms with Crippen LogP contribution in [0.4, 0.5) is 0 Å².